The zero-order chi connectivity index (χ0) is 11.8. The Labute approximate surface area is 97.8 Å². The zero-order valence-corrected chi connectivity index (χ0v) is 9.10. The van der Waals surface area contributed by atoms with Gasteiger partial charge >= 0.3 is 0 Å². The van der Waals surface area contributed by atoms with E-state index in [4.69, 9.17) is 5.73 Å². The fourth-order valence-corrected chi connectivity index (χ4v) is 2.16. The molecule has 1 aliphatic rings. The number of aromatic nitrogens is 1. The Morgan fingerprint density at radius 2 is 2.18 bits per heavy atom. The van der Waals surface area contributed by atoms with Gasteiger partial charge in [0.25, 0.3) is 5.91 Å². The molecule has 0 unspecified atom stereocenters. The van der Waals surface area contributed by atoms with Crippen LogP contribution in [0.15, 0.2) is 35.5 Å². The smallest absolute Gasteiger partial charge is 0.252 e. The van der Waals surface area contributed by atoms with Gasteiger partial charge in [0.15, 0.2) is 0 Å². The summed E-state index contributed by atoms with van der Waals surface area (Å²) in [5, 5.41) is 1.11. The fourth-order valence-electron chi connectivity index (χ4n) is 2.16. The minimum atomic E-state index is -0.461. The van der Waals surface area contributed by atoms with Crippen molar-refractivity contribution in [1.29, 1.82) is 0 Å². The number of fused-ring (bicyclic) bond motifs is 3. The number of carbonyl (C=O) groups excluding carboxylic acids is 1. The van der Waals surface area contributed by atoms with E-state index in [0.717, 1.165) is 22.2 Å². The third kappa shape index (κ3) is 1.45. The van der Waals surface area contributed by atoms with Crippen molar-refractivity contribution in [3.05, 3.63) is 41.7 Å². The quantitative estimate of drug-likeness (QED) is 0.760. The third-order valence-electron chi connectivity index (χ3n) is 2.95. The van der Waals surface area contributed by atoms with E-state index in [-0.39, 0.29) is 0 Å². The summed E-state index contributed by atoms with van der Waals surface area (Å²) in [6.45, 7) is 0. The average molecular weight is 225 g/mol. The molecule has 4 nitrogen and oxygen atoms in total. The van der Waals surface area contributed by atoms with E-state index in [9.17, 15) is 4.79 Å². The molecule has 0 spiro atoms. The summed E-state index contributed by atoms with van der Waals surface area (Å²) in [5.74, 6) is -0.461. The van der Waals surface area contributed by atoms with Gasteiger partial charge in [-0.1, -0.05) is 18.2 Å². The second kappa shape index (κ2) is 3.59. The van der Waals surface area contributed by atoms with Gasteiger partial charge in [-0.25, -0.2) is 0 Å². The van der Waals surface area contributed by atoms with Crippen LogP contribution in [0.2, 0.25) is 0 Å². The van der Waals surface area contributed by atoms with Gasteiger partial charge in [-0.2, -0.15) is 0 Å². The highest BCUT2D eigenvalue weighted by Gasteiger charge is 2.18. The first-order chi connectivity index (χ1) is 8.27. The lowest BCUT2D eigenvalue weighted by molar-refractivity contribution is -0.112. The first-order valence-electron chi connectivity index (χ1n) is 5.39. The van der Waals surface area contributed by atoms with Gasteiger partial charge in [-0.05, 0) is 11.6 Å². The van der Waals surface area contributed by atoms with Gasteiger partial charge in [0, 0.05) is 29.7 Å². The predicted octanol–water partition coefficient (Wildman–Crippen LogP) is 1.62. The molecule has 0 saturated carbocycles. The highest BCUT2D eigenvalue weighted by molar-refractivity contribution is 6.20. The van der Waals surface area contributed by atoms with Gasteiger partial charge in [0.05, 0.1) is 11.3 Å². The molecule has 1 aromatic heterocycles. The minimum absolute atomic E-state index is 0.435. The molecule has 0 aliphatic carbocycles. The van der Waals surface area contributed by atoms with Crippen LogP contribution in [0.4, 0.5) is 0 Å². The SMILES string of the molecule is NC(=O)C1=CN=CCc2c1[nH]c1ccccc21. The van der Waals surface area contributed by atoms with E-state index in [2.05, 4.69) is 9.98 Å². The number of carbonyl (C=O) groups is 1. The number of hydrogen-bond acceptors (Lipinski definition) is 2. The number of H-pyrrole nitrogens is 1. The average Bonchev–Trinajstić information content (AvgIpc) is 2.54. The maximum Gasteiger partial charge on any atom is 0.252 e. The topological polar surface area (TPSA) is 71.2 Å². The van der Waals surface area contributed by atoms with E-state index in [1.165, 1.54) is 6.20 Å². The van der Waals surface area contributed by atoms with Crippen molar-refractivity contribution in [1.82, 2.24) is 4.98 Å². The fraction of sp³-hybridized carbons (Fsp3) is 0.0769. The number of para-hydroxylation sites is 1. The Morgan fingerprint density at radius 1 is 1.35 bits per heavy atom. The number of nitrogens with zero attached hydrogens (tertiary/aromatic N) is 1. The number of hydrogen-bond donors (Lipinski definition) is 2. The van der Waals surface area contributed by atoms with E-state index in [0.29, 0.717) is 12.0 Å². The molecule has 0 fully saturated rings. The summed E-state index contributed by atoms with van der Waals surface area (Å²) in [6.07, 6.45) is 4.01. The lowest BCUT2D eigenvalue weighted by atomic mass is 10.0. The summed E-state index contributed by atoms with van der Waals surface area (Å²) in [5.41, 5.74) is 8.69. The first kappa shape index (κ1) is 9.84. The first-order valence-corrected chi connectivity index (χ1v) is 5.39. The van der Waals surface area contributed by atoms with E-state index in [1.807, 2.05) is 24.3 Å². The second-order valence-electron chi connectivity index (χ2n) is 3.97. The van der Waals surface area contributed by atoms with Crippen LogP contribution in [0.25, 0.3) is 16.5 Å². The predicted molar refractivity (Wildman–Crippen MR) is 67.7 cm³/mol. The third-order valence-corrected chi connectivity index (χ3v) is 2.95. The highest BCUT2D eigenvalue weighted by Crippen LogP contribution is 2.28. The van der Waals surface area contributed by atoms with Crippen molar-refractivity contribution >= 4 is 28.6 Å². The van der Waals surface area contributed by atoms with Gasteiger partial charge in [-0.15, -0.1) is 0 Å². The molecule has 84 valence electrons. The maximum atomic E-state index is 11.4. The zero-order valence-electron chi connectivity index (χ0n) is 9.10. The van der Waals surface area contributed by atoms with Crippen LogP contribution in [0, 0.1) is 0 Å². The molecule has 0 saturated heterocycles. The van der Waals surface area contributed by atoms with Crippen molar-refractivity contribution in [2.75, 3.05) is 0 Å². The van der Waals surface area contributed by atoms with E-state index < -0.39 is 5.91 Å². The van der Waals surface area contributed by atoms with E-state index in [1.54, 1.807) is 6.21 Å². The number of nitrogens with one attached hydrogen (secondary N) is 1. The van der Waals surface area contributed by atoms with Crippen LogP contribution in [0.3, 0.4) is 0 Å². The molecule has 4 heteroatoms. The number of aromatic amines is 1. The number of primary amides is 1. The number of benzene rings is 1. The summed E-state index contributed by atoms with van der Waals surface area (Å²) in [7, 11) is 0. The summed E-state index contributed by atoms with van der Waals surface area (Å²) in [4.78, 5) is 18.7. The lowest BCUT2D eigenvalue weighted by Crippen LogP contribution is -2.13. The minimum Gasteiger partial charge on any atom is -0.365 e. The van der Waals surface area contributed by atoms with E-state index >= 15 is 0 Å². The van der Waals surface area contributed by atoms with Crippen molar-refractivity contribution in [3.63, 3.8) is 0 Å². The Bertz CT molecular complexity index is 664. The second-order valence-corrected chi connectivity index (χ2v) is 3.97. The molecule has 1 amide bonds. The van der Waals surface area contributed by atoms with Crippen LogP contribution in [0.1, 0.15) is 11.3 Å². The largest absolute Gasteiger partial charge is 0.365 e. The van der Waals surface area contributed by atoms with Gasteiger partial charge in [0.2, 0.25) is 0 Å². The van der Waals surface area contributed by atoms with Crippen molar-refractivity contribution in [3.8, 4) is 0 Å². The molecule has 0 radical (unpaired) electrons. The Kier molecular flexibility index (Phi) is 2.08. The summed E-state index contributed by atoms with van der Waals surface area (Å²) >= 11 is 0. The molecular weight excluding hydrogens is 214 g/mol. The normalized spacial score (nSPS) is 14.2. The van der Waals surface area contributed by atoms with Crippen LogP contribution in [-0.4, -0.2) is 17.1 Å². The van der Waals surface area contributed by atoms with Gasteiger partial charge < -0.3 is 10.7 Å². The molecule has 3 rings (SSSR count). The standard InChI is InChI=1S/C13H11N3O/c14-13(17)10-7-15-6-5-9-8-3-1-2-4-11(8)16-12(9)10/h1-4,6-7,16H,5H2,(H2,14,17). The molecule has 1 aromatic carbocycles. The van der Waals surface area contributed by atoms with Crippen LogP contribution < -0.4 is 5.73 Å². The molecule has 17 heavy (non-hydrogen) atoms. The Balaban J connectivity index is 2.34. The number of nitrogens with two attached hydrogens (primary N) is 1. The van der Waals surface area contributed by atoms with Crippen LogP contribution in [-0.2, 0) is 11.2 Å². The molecule has 1 aliphatic heterocycles. The monoisotopic (exact) mass is 225 g/mol. The molecular formula is C13H11N3O. The molecule has 0 bridgehead atoms. The van der Waals surface area contributed by atoms with Crippen LogP contribution in [0.5, 0.6) is 0 Å². The summed E-state index contributed by atoms with van der Waals surface area (Å²) < 4.78 is 0. The molecule has 0 atom stereocenters. The highest BCUT2D eigenvalue weighted by atomic mass is 16.1. The molecule has 2 aromatic rings. The molecule has 2 heterocycles. The van der Waals surface area contributed by atoms with Gasteiger partial charge in [-0.3, -0.25) is 9.79 Å². The summed E-state index contributed by atoms with van der Waals surface area (Å²) in [6, 6.07) is 7.95. The Hall–Kier alpha value is -2.36. The van der Waals surface area contributed by atoms with Crippen molar-refractivity contribution in [2.45, 2.75) is 6.42 Å². The lowest BCUT2D eigenvalue weighted by Gasteiger charge is -2.00. The number of amides is 1. The van der Waals surface area contributed by atoms with Crippen molar-refractivity contribution < 1.29 is 4.79 Å². The van der Waals surface area contributed by atoms with Crippen molar-refractivity contribution in [2.24, 2.45) is 10.7 Å². The Morgan fingerprint density at radius 3 is 3.00 bits per heavy atom. The van der Waals surface area contributed by atoms with Gasteiger partial charge in [0.1, 0.15) is 0 Å². The molecule has 3 N–H and O–H groups in total. The maximum absolute atomic E-state index is 11.4. The number of aliphatic imine (C=N–C) groups is 1. The van der Waals surface area contributed by atoms with Crippen LogP contribution >= 0.6 is 0 Å². The number of rotatable bonds is 1.